The number of carbonyl (C=O) groups excluding carboxylic acids is 4. The van der Waals surface area contributed by atoms with Crippen molar-refractivity contribution in [2.24, 2.45) is 0 Å². The molecule has 0 saturated carbocycles. The van der Waals surface area contributed by atoms with Crippen LogP contribution in [-0.2, 0) is 65.4 Å². The zero-order valence-corrected chi connectivity index (χ0v) is 64.0. The van der Waals surface area contributed by atoms with Gasteiger partial charge in [0.1, 0.15) is 19.3 Å². The molecule has 0 bridgehead atoms. The monoisotopic (exact) mass is 1420 g/mol. The van der Waals surface area contributed by atoms with Gasteiger partial charge in [-0.3, -0.25) is 37.3 Å². The van der Waals surface area contributed by atoms with Crippen molar-refractivity contribution >= 4 is 39.5 Å². The molecule has 0 amide bonds. The number of phosphoric acid groups is 2. The maximum atomic E-state index is 13.1. The number of allylic oxidation sites excluding steroid dienone is 12. The second-order valence-corrected chi connectivity index (χ2v) is 29.2. The lowest BCUT2D eigenvalue weighted by Gasteiger charge is -2.21. The van der Waals surface area contributed by atoms with E-state index in [-0.39, 0.29) is 25.7 Å². The predicted molar refractivity (Wildman–Crippen MR) is 400 cm³/mol. The minimum absolute atomic E-state index is 0.0795. The van der Waals surface area contributed by atoms with Gasteiger partial charge < -0.3 is 33.8 Å². The van der Waals surface area contributed by atoms with Crippen LogP contribution in [-0.4, -0.2) is 96.7 Å². The third-order valence-electron chi connectivity index (χ3n) is 16.6. The van der Waals surface area contributed by atoms with Crippen LogP contribution in [0, 0.1) is 0 Å². The van der Waals surface area contributed by atoms with E-state index in [1.165, 1.54) is 109 Å². The molecule has 17 nitrogen and oxygen atoms in total. The molecule has 0 fully saturated rings. The van der Waals surface area contributed by atoms with Crippen LogP contribution in [0.4, 0.5) is 0 Å². The Labute approximate surface area is 596 Å². The Hall–Kier alpha value is -3.50. The van der Waals surface area contributed by atoms with E-state index in [9.17, 15) is 43.2 Å². The van der Waals surface area contributed by atoms with E-state index < -0.39 is 97.5 Å². The Bertz CT molecular complexity index is 2140. The number of hydrogen-bond donors (Lipinski definition) is 3. The van der Waals surface area contributed by atoms with Gasteiger partial charge in [-0.15, -0.1) is 0 Å². The van der Waals surface area contributed by atoms with Crippen LogP contribution in [0.3, 0.4) is 0 Å². The summed E-state index contributed by atoms with van der Waals surface area (Å²) in [5.74, 6) is -2.20. The van der Waals surface area contributed by atoms with Crippen LogP contribution in [0.1, 0.15) is 349 Å². The molecule has 19 heteroatoms. The maximum absolute atomic E-state index is 13.1. The van der Waals surface area contributed by atoms with Gasteiger partial charge in [0.2, 0.25) is 0 Å². The molecular weight excluding hydrogens is 1280 g/mol. The molecule has 98 heavy (non-hydrogen) atoms. The fourth-order valence-electron chi connectivity index (χ4n) is 10.6. The second-order valence-electron chi connectivity index (χ2n) is 26.3. The Morgan fingerprint density at radius 1 is 0.296 bits per heavy atom. The molecule has 0 spiro atoms. The van der Waals surface area contributed by atoms with E-state index in [1.54, 1.807) is 0 Å². The van der Waals surface area contributed by atoms with E-state index in [1.807, 2.05) is 0 Å². The smallest absolute Gasteiger partial charge is 0.462 e. The number of ether oxygens (including phenoxy) is 4. The third kappa shape index (κ3) is 70.9. The number of carbonyl (C=O) groups is 4. The fourth-order valence-corrected chi connectivity index (χ4v) is 12.2. The molecule has 0 aliphatic rings. The highest BCUT2D eigenvalue weighted by molar-refractivity contribution is 7.47. The van der Waals surface area contributed by atoms with Crippen LogP contribution in [0.15, 0.2) is 72.9 Å². The number of hydrogen-bond acceptors (Lipinski definition) is 15. The minimum atomic E-state index is -4.98. The van der Waals surface area contributed by atoms with Crippen LogP contribution in [0.2, 0.25) is 0 Å². The van der Waals surface area contributed by atoms with Gasteiger partial charge in [0.15, 0.2) is 12.2 Å². The average molecular weight is 1430 g/mol. The van der Waals surface area contributed by atoms with Gasteiger partial charge in [-0.2, -0.15) is 0 Å². The summed E-state index contributed by atoms with van der Waals surface area (Å²) in [6, 6.07) is 0. The lowest BCUT2D eigenvalue weighted by molar-refractivity contribution is -0.161. The molecule has 570 valence electrons. The first kappa shape index (κ1) is 94.5. The van der Waals surface area contributed by atoms with Gasteiger partial charge in [-0.05, 0) is 135 Å². The number of esters is 4. The Morgan fingerprint density at radius 3 is 0.857 bits per heavy atom. The van der Waals surface area contributed by atoms with Crippen molar-refractivity contribution in [3.63, 3.8) is 0 Å². The van der Waals surface area contributed by atoms with Gasteiger partial charge in [-0.1, -0.05) is 261 Å². The van der Waals surface area contributed by atoms with Crippen LogP contribution < -0.4 is 0 Å². The number of phosphoric ester groups is 2. The van der Waals surface area contributed by atoms with Gasteiger partial charge >= 0.3 is 39.5 Å². The highest BCUT2D eigenvalue weighted by Crippen LogP contribution is 2.45. The lowest BCUT2D eigenvalue weighted by atomic mass is 10.1. The molecule has 0 rings (SSSR count). The van der Waals surface area contributed by atoms with E-state index >= 15 is 0 Å². The summed E-state index contributed by atoms with van der Waals surface area (Å²) >= 11 is 0. The highest BCUT2D eigenvalue weighted by atomic mass is 31.2. The van der Waals surface area contributed by atoms with Gasteiger partial charge in [0.05, 0.1) is 26.4 Å². The van der Waals surface area contributed by atoms with Crippen molar-refractivity contribution in [1.29, 1.82) is 0 Å². The van der Waals surface area contributed by atoms with Crippen LogP contribution in [0.5, 0.6) is 0 Å². The molecule has 0 aromatic rings. The number of unbranched alkanes of at least 4 members (excludes halogenated alkanes) is 37. The summed E-state index contributed by atoms with van der Waals surface area (Å²) in [4.78, 5) is 72.9. The Morgan fingerprint density at radius 2 is 0.531 bits per heavy atom. The van der Waals surface area contributed by atoms with Crippen molar-refractivity contribution in [3.05, 3.63) is 72.9 Å². The fraction of sp³-hybridized carbons (Fsp3) is 0.797. The minimum Gasteiger partial charge on any atom is -0.462 e. The number of aliphatic hydroxyl groups is 1. The van der Waals surface area contributed by atoms with Crippen molar-refractivity contribution in [1.82, 2.24) is 0 Å². The normalized spacial score (nSPS) is 14.3. The summed E-state index contributed by atoms with van der Waals surface area (Å²) in [6.45, 7) is 4.80. The maximum Gasteiger partial charge on any atom is 0.472 e. The predicted octanol–water partition coefficient (Wildman–Crippen LogP) is 22.4. The zero-order valence-electron chi connectivity index (χ0n) is 62.2. The molecule has 5 atom stereocenters. The first-order valence-corrected chi connectivity index (χ1v) is 42.2. The van der Waals surface area contributed by atoms with Crippen molar-refractivity contribution in [2.45, 2.75) is 367 Å². The van der Waals surface area contributed by atoms with Crippen LogP contribution in [0.25, 0.3) is 0 Å². The van der Waals surface area contributed by atoms with Gasteiger partial charge in [0, 0.05) is 25.7 Å². The van der Waals surface area contributed by atoms with E-state index in [0.29, 0.717) is 25.7 Å². The summed E-state index contributed by atoms with van der Waals surface area (Å²) in [7, 11) is -9.95. The molecule has 0 saturated heterocycles. The van der Waals surface area contributed by atoms with Crippen LogP contribution >= 0.6 is 15.6 Å². The van der Waals surface area contributed by atoms with Crippen molar-refractivity contribution in [2.75, 3.05) is 39.6 Å². The topological polar surface area (TPSA) is 237 Å². The first-order chi connectivity index (χ1) is 47.7. The molecule has 0 aromatic carbocycles. The molecular formula is C79H142O17P2. The summed E-state index contributed by atoms with van der Waals surface area (Å²) in [6.07, 6.45) is 71.6. The Kier molecular flexibility index (Phi) is 69.3. The summed E-state index contributed by atoms with van der Waals surface area (Å²) in [5, 5.41) is 10.6. The third-order valence-corrected chi connectivity index (χ3v) is 18.5. The quantitative estimate of drug-likeness (QED) is 0.0128. The standard InChI is InChI=1S/C79H142O17P2/c1-5-9-13-17-21-25-29-33-36-40-44-48-52-56-60-64-77(82)90-70-75(96-79(84)66-62-58-54-50-46-42-38-35-31-27-23-19-15-11-7-3)72-94-98(87,88)92-68-73(80)67-91-97(85,86)93-71-74(69-89-76(81)63-59-55-51-47-43-39-32-28-24-20-16-12-8-4)95-78(83)65-61-57-53-49-45-41-37-34-30-26-22-18-14-10-6-2/h22,25-26,28-29,32-38,73-75,80H,5-21,23-24,27,30-31,39-72H2,1-4H3,(H,85,86)(H,87,88)/b26-22-,29-25-,32-28-,36-33-,37-34-,38-35-/t73-,74-,75-/m1/s1. The summed E-state index contributed by atoms with van der Waals surface area (Å²) < 4.78 is 68.5. The van der Waals surface area contributed by atoms with E-state index in [0.717, 1.165) is 161 Å². The largest absolute Gasteiger partial charge is 0.472 e. The molecule has 0 aliphatic carbocycles. The Balaban J connectivity index is 5.37. The van der Waals surface area contributed by atoms with Gasteiger partial charge in [0.25, 0.3) is 0 Å². The second kappa shape index (κ2) is 71.9. The summed E-state index contributed by atoms with van der Waals surface area (Å²) in [5.41, 5.74) is 0. The number of aliphatic hydroxyl groups excluding tert-OH is 1. The zero-order chi connectivity index (χ0) is 71.8. The van der Waals surface area contributed by atoms with E-state index in [4.69, 9.17) is 37.0 Å². The van der Waals surface area contributed by atoms with E-state index in [2.05, 4.69) is 101 Å². The van der Waals surface area contributed by atoms with Crippen molar-refractivity contribution < 1.29 is 80.2 Å². The van der Waals surface area contributed by atoms with Gasteiger partial charge in [-0.25, -0.2) is 9.13 Å². The molecule has 3 N–H and O–H groups in total. The highest BCUT2D eigenvalue weighted by Gasteiger charge is 2.30. The molecule has 0 aliphatic heterocycles. The average Bonchev–Trinajstić information content (AvgIpc) is 1.05. The molecule has 0 heterocycles. The SMILES string of the molecule is CCCCC/C=C\C/C=C\CCCCCCCC(=O)O[C@H](COC(=O)CCCCCCC/C=C\CCCCCC)COP(=O)(O)OC[C@@H](O)COP(=O)(O)OC[C@@H](COC(=O)CCCCCCC/C=C\C=C/CCCCCC)OC(=O)CCCCCCC/C=C\CCCCCCCC. The molecule has 2 unspecified atom stereocenters. The molecule has 0 radical (unpaired) electrons. The van der Waals surface area contributed by atoms with Crippen molar-refractivity contribution in [3.8, 4) is 0 Å². The lowest BCUT2D eigenvalue weighted by Crippen LogP contribution is -2.30. The number of rotatable bonds is 74. The molecule has 0 aromatic heterocycles. The first-order valence-electron chi connectivity index (χ1n) is 39.2.